The quantitative estimate of drug-likeness (QED) is 0.510. The van der Waals surface area contributed by atoms with E-state index in [9.17, 15) is 15.3 Å². The molecule has 0 amide bonds. The average molecular weight is 271 g/mol. The zero-order valence-corrected chi connectivity index (χ0v) is 11.2. The number of rotatable bonds is 8. The first-order valence-electron chi connectivity index (χ1n) is 5.93. The van der Waals surface area contributed by atoms with E-state index in [2.05, 4.69) is 5.32 Å². The molecule has 1 aromatic carbocycles. The summed E-state index contributed by atoms with van der Waals surface area (Å²) in [5.41, 5.74) is -0.310. The maximum atomic E-state index is 9.24. The highest BCUT2D eigenvalue weighted by Gasteiger charge is 2.27. The molecule has 0 unspecified atom stereocenters. The summed E-state index contributed by atoms with van der Waals surface area (Å²) in [6, 6.07) is 5.34. The zero-order valence-electron chi connectivity index (χ0n) is 11.2. The first kappa shape index (κ1) is 15.7. The molecule has 0 radical (unpaired) electrons. The van der Waals surface area contributed by atoms with Crippen LogP contribution in [0.2, 0.25) is 0 Å². The van der Waals surface area contributed by atoms with E-state index >= 15 is 0 Å². The van der Waals surface area contributed by atoms with E-state index in [4.69, 9.17) is 9.47 Å². The Morgan fingerprint density at radius 3 is 2.16 bits per heavy atom. The van der Waals surface area contributed by atoms with E-state index in [1.807, 2.05) is 0 Å². The summed E-state index contributed by atoms with van der Waals surface area (Å²) in [6.45, 7) is -0.785. The van der Waals surface area contributed by atoms with Crippen LogP contribution in [0.5, 0.6) is 11.5 Å². The maximum absolute atomic E-state index is 9.24. The van der Waals surface area contributed by atoms with Gasteiger partial charge in [0.1, 0.15) is 11.5 Å². The molecule has 0 aliphatic carbocycles. The van der Waals surface area contributed by atoms with Crippen molar-refractivity contribution in [3.8, 4) is 11.5 Å². The van der Waals surface area contributed by atoms with Gasteiger partial charge in [-0.05, 0) is 18.2 Å². The Labute approximate surface area is 112 Å². The maximum Gasteiger partial charge on any atom is 0.123 e. The Balaban J connectivity index is 2.86. The summed E-state index contributed by atoms with van der Waals surface area (Å²) >= 11 is 0. The first-order chi connectivity index (χ1) is 9.14. The molecule has 108 valence electrons. The van der Waals surface area contributed by atoms with Gasteiger partial charge in [0.2, 0.25) is 0 Å². The van der Waals surface area contributed by atoms with Crippen molar-refractivity contribution >= 4 is 0 Å². The number of aliphatic hydroxyl groups excluding tert-OH is 3. The van der Waals surface area contributed by atoms with Crippen LogP contribution in [0.15, 0.2) is 18.2 Å². The van der Waals surface area contributed by atoms with Crippen LogP contribution in [0.3, 0.4) is 0 Å². The van der Waals surface area contributed by atoms with Crippen LogP contribution in [0.1, 0.15) is 5.56 Å². The molecule has 19 heavy (non-hydrogen) atoms. The van der Waals surface area contributed by atoms with Gasteiger partial charge in [-0.1, -0.05) is 0 Å². The molecule has 0 aliphatic heterocycles. The fourth-order valence-electron chi connectivity index (χ4n) is 1.62. The largest absolute Gasteiger partial charge is 0.497 e. The highest BCUT2D eigenvalue weighted by Crippen LogP contribution is 2.24. The van der Waals surface area contributed by atoms with Gasteiger partial charge in [0.25, 0.3) is 0 Å². The Kier molecular flexibility index (Phi) is 6.04. The summed E-state index contributed by atoms with van der Waals surface area (Å²) in [6.07, 6.45) is 0. The molecule has 0 aliphatic rings. The number of ether oxygens (including phenoxy) is 2. The lowest BCUT2D eigenvalue weighted by atomic mass is 10.0. The molecule has 1 aromatic rings. The normalized spacial score (nSPS) is 11.4. The molecule has 0 aromatic heterocycles. The van der Waals surface area contributed by atoms with Crippen molar-refractivity contribution < 1.29 is 24.8 Å². The summed E-state index contributed by atoms with van der Waals surface area (Å²) in [5, 5.41) is 30.7. The third-order valence-corrected chi connectivity index (χ3v) is 3.05. The number of hydrogen-bond donors (Lipinski definition) is 4. The van der Waals surface area contributed by atoms with Crippen LogP contribution in [-0.2, 0) is 6.54 Å². The number of benzene rings is 1. The summed E-state index contributed by atoms with van der Waals surface area (Å²) in [7, 11) is 3.13. The Morgan fingerprint density at radius 2 is 1.68 bits per heavy atom. The third kappa shape index (κ3) is 3.81. The van der Waals surface area contributed by atoms with Gasteiger partial charge in [0, 0.05) is 12.1 Å². The number of hydrogen-bond acceptors (Lipinski definition) is 6. The molecule has 0 saturated heterocycles. The van der Waals surface area contributed by atoms with E-state index < -0.39 is 5.54 Å². The van der Waals surface area contributed by atoms with E-state index in [0.29, 0.717) is 18.0 Å². The molecule has 0 heterocycles. The van der Waals surface area contributed by atoms with E-state index in [0.717, 1.165) is 5.56 Å². The molecule has 6 heteroatoms. The van der Waals surface area contributed by atoms with Gasteiger partial charge in [-0.2, -0.15) is 0 Å². The fraction of sp³-hybridized carbons (Fsp3) is 0.538. The second-order valence-corrected chi connectivity index (χ2v) is 4.29. The van der Waals surface area contributed by atoms with Gasteiger partial charge in [0.15, 0.2) is 0 Å². The number of aliphatic hydroxyl groups is 3. The van der Waals surface area contributed by atoms with Crippen LogP contribution >= 0.6 is 0 Å². The van der Waals surface area contributed by atoms with Gasteiger partial charge in [-0.15, -0.1) is 0 Å². The lowest BCUT2D eigenvalue weighted by Gasteiger charge is -2.29. The van der Waals surface area contributed by atoms with Crippen molar-refractivity contribution in [3.05, 3.63) is 23.8 Å². The first-order valence-corrected chi connectivity index (χ1v) is 5.93. The molecule has 6 nitrogen and oxygen atoms in total. The fourth-order valence-corrected chi connectivity index (χ4v) is 1.62. The Morgan fingerprint density at radius 1 is 1.05 bits per heavy atom. The zero-order chi connectivity index (χ0) is 14.3. The van der Waals surface area contributed by atoms with Gasteiger partial charge in [0.05, 0.1) is 39.6 Å². The minimum absolute atomic E-state index is 0.321. The third-order valence-electron chi connectivity index (χ3n) is 3.05. The minimum Gasteiger partial charge on any atom is -0.497 e. The van der Waals surface area contributed by atoms with Crippen molar-refractivity contribution in [2.24, 2.45) is 0 Å². The van der Waals surface area contributed by atoms with Gasteiger partial charge in [-0.3, -0.25) is 0 Å². The Hall–Kier alpha value is -1.34. The van der Waals surface area contributed by atoms with Crippen LogP contribution in [0.4, 0.5) is 0 Å². The van der Waals surface area contributed by atoms with Gasteiger partial charge in [-0.25, -0.2) is 0 Å². The predicted octanol–water partition coefficient (Wildman–Crippen LogP) is -0.491. The van der Waals surface area contributed by atoms with E-state index in [1.165, 1.54) is 0 Å². The van der Waals surface area contributed by atoms with Crippen LogP contribution < -0.4 is 14.8 Å². The SMILES string of the molecule is COc1ccc(OC)c(CNC(CO)(CO)CO)c1. The van der Waals surface area contributed by atoms with E-state index in [1.54, 1.807) is 32.4 Å². The minimum atomic E-state index is -1.12. The molecule has 4 N–H and O–H groups in total. The number of nitrogens with one attached hydrogen (secondary N) is 1. The second kappa shape index (κ2) is 7.30. The topological polar surface area (TPSA) is 91.2 Å². The van der Waals surface area contributed by atoms with Crippen molar-refractivity contribution in [1.82, 2.24) is 5.32 Å². The summed E-state index contributed by atoms with van der Waals surface area (Å²) < 4.78 is 10.4. The second-order valence-electron chi connectivity index (χ2n) is 4.29. The standard InChI is InChI=1S/C13H21NO5/c1-18-11-3-4-12(19-2)10(5-11)6-14-13(7-15,8-16)9-17/h3-5,14-17H,6-9H2,1-2H3. The van der Waals surface area contributed by atoms with Crippen LogP contribution in [-0.4, -0.2) is 54.9 Å². The van der Waals surface area contributed by atoms with Crippen molar-refractivity contribution in [1.29, 1.82) is 0 Å². The smallest absolute Gasteiger partial charge is 0.123 e. The lowest BCUT2D eigenvalue weighted by molar-refractivity contribution is 0.0412. The van der Waals surface area contributed by atoms with Crippen molar-refractivity contribution in [2.45, 2.75) is 12.1 Å². The highest BCUT2D eigenvalue weighted by molar-refractivity contribution is 5.40. The predicted molar refractivity (Wildman–Crippen MR) is 70.4 cm³/mol. The molecular formula is C13H21NO5. The van der Waals surface area contributed by atoms with Gasteiger partial charge < -0.3 is 30.1 Å². The van der Waals surface area contributed by atoms with Crippen LogP contribution in [0, 0.1) is 0 Å². The molecule has 0 saturated carbocycles. The Bertz CT molecular complexity index is 384. The molecule has 0 fully saturated rings. The molecule has 0 spiro atoms. The van der Waals surface area contributed by atoms with E-state index in [-0.39, 0.29) is 19.8 Å². The summed E-state index contributed by atoms with van der Waals surface area (Å²) in [5.74, 6) is 1.34. The molecule has 0 atom stereocenters. The van der Waals surface area contributed by atoms with Crippen molar-refractivity contribution in [3.63, 3.8) is 0 Å². The molecule has 0 bridgehead atoms. The van der Waals surface area contributed by atoms with Gasteiger partial charge >= 0.3 is 0 Å². The highest BCUT2D eigenvalue weighted by atomic mass is 16.5. The number of methoxy groups -OCH3 is 2. The molecule has 1 rings (SSSR count). The van der Waals surface area contributed by atoms with Crippen molar-refractivity contribution in [2.75, 3.05) is 34.0 Å². The lowest BCUT2D eigenvalue weighted by Crippen LogP contribution is -2.54. The summed E-state index contributed by atoms with van der Waals surface area (Å²) in [4.78, 5) is 0. The van der Waals surface area contributed by atoms with Crippen LogP contribution in [0.25, 0.3) is 0 Å². The monoisotopic (exact) mass is 271 g/mol. The molecular weight excluding hydrogens is 250 g/mol. The average Bonchev–Trinajstić information content (AvgIpc) is 2.49.